The summed E-state index contributed by atoms with van der Waals surface area (Å²) in [5.41, 5.74) is 6.60. The van der Waals surface area contributed by atoms with Crippen LogP contribution >= 0.6 is 0 Å². The third-order valence-electron chi connectivity index (χ3n) is 2.66. The number of rotatable bonds is 3. The summed E-state index contributed by atoms with van der Waals surface area (Å²) in [4.78, 5) is 12.0. The predicted molar refractivity (Wildman–Crippen MR) is 71.1 cm³/mol. The molecule has 0 bridgehead atoms. The first-order valence-corrected chi connectivity index (χ1v) is 5.67. The topological polar surface area (TPSA) is 75.4 Å². The van der Waals surface area contributed by atoms with Gasteiger partial charge >= 0.3 is 0 Å². The molecular formula is C14H13FN2O2. The summed E-state index contributed by atoms with van der Waals surface area (Å²) < 4.78 is 13.3. The number of nitrogens with two attached hydrogens (primary N) is 1. The second kappa shape index (κ2) is 5.49. The highest BCUT2D eigenvalue weighted by Gasteiger charge is 2.12. The monoisotopic (exact) mass is 260 g/mol. The molecule has 2 aromatic carbocycles. The maximum absolute atomic E-state index is 13.3. The van der Waals surface area contributed by atoms with Gasteiger partial charge in [0.2, 0.25) is 0 Å². The van der Waals surface area contributed by atoms with Crippen LogP contribution in [0.3, 0.4) is 0 Å². The van der Waals surface area contributed by atoms with E-state index in [2.05, 4.69) is 5.32 Å². The minimum Gasteiger partial charge on any atom is -0.396 e. The molecule has 0 saturated heterocycles. The van der Waals surface area contributed by atoms with Crippen molar-refractivity contribution in [3.8, 4) is 0 Å². The van der Waals surface area contributed by atoms with E-state index in [4.69, 9.17) is 10.8 Å². The van der Waals surface area contributed by atoms with E-state index < -0.39 is 11.7 Å². The van der Waals surface area contributed by atoms with E-state index >= 15 is 0 Å². The summed E-state index contributed by atoms with van der Waals surface area (Å²) in [6.45, 7) is -0.119. The van der Waals surface area contributed by atoms with Crippen molar-refractivity contribution in [2.45, 2.75) is 6.61 Å². The summed E-state index contributed by atoms with van der Waals surface area (Å²) in [5, 5.41) is 11.6. The molecule has 0 aliphatic carbocycles. The van der Waals surface area contributed by atoms with Crippen molar-refractivity contribution in [3.05, 3.63) is 59.4 Å². The molecule has 19 heavy (non-hydrogen) atoms. The molecule has 0 fully saturated rings. The Bertz CT molecular complexity index is 614. The Hall–Kier alpha value is -2.40. The van der Waals surface area contributed by atoms with Gasteiger partial charge in [-0.2, -0.15) is 0 Å². The van der Waals surface area contributed by atoms with Gasteiger partial charge in [-0.3, -0.25) is 4.79 Å². The van der Waals surface area contributed by atoms with Crippen molar-refractivity contribution in [1.29, 1.82) is 0 Å². The number of aliphatic hydroxyl groups is 1. The molecule has 0 aliphatic rings. The lowest BCUT2D eigenvalue weighted by atomic mass is 10.1. The number of carbonyl (C=O) groups is 1. The van der Waals surface area contributed by atoms with Crippen LogP contribution < -0.4 is 11.1 Å². The van der Waals surface area contributed by atoms with Gasteiger partial charge in [-0.25, -0.2) is 4.39 Å². The number of amides is 1. The number of aliphatic hydroxyl groups excluding tert-OH is 1. The Morgan fingerprint density at radius 1 is 1.26 bits per heavy atom. The van der Waals surface area contributed by atoms with Crippen molar-refractivity contribution in [3.63, 3.8) is 0 Å². The summed E-state index contributed by atoms with van der Waals surface area (Å²) >= 11 is 0. The Morgan fingerprint density at radius 3 is 2.74 bits per heavy atom. The Balaban J connectivity index is 2.23. The largest absolute Gasteiger partial charge is 0.396 e. The molecule has 0 atom stereocenters. The van der Waals surface area contributed by atoms with Crippen molar-refractivity contribution in [2.24, 2.45) is 0 Å². The summed E-state index contributed by atoms with van der Waals surface area (Å²) in [6, 6.07) is 10.8. The zero-order chi connectivity index (χ0) is 13.8. The molecule has 1 amide bonds. The fourth-order valence-corrected chi connectivity index (χ4v) is 1.68. The zero-order valence-electron chi connectivity index (χ0n) is 10.1. The number of hydrogen-bond acceptors (Lipinski definition) is 3. The standard InChI is InChI=1S/C14H13FN2O2/c15-12-6-2-5-11(13(12)16)14(19)17-10-4-1-3-9(7-10)8-18/h1-7,18H,8,16H2,(H,17,19). The van der Waals surface area contributed by atoms with Gasteiger partial charge < -0.3 is 16.2 Å². The number of halogens is 1. The quantitative estimate of drug-likeness (QED) is 0.740. The summed E-state index contributed by atoms with van der Waals surface area (Å²) in [5.74, 6) is -1.12. The van der Waals surface area contributed by atoms with Gasteiger partial charge in [0, 0.05) is 5.69 Å². The van der Waals surface area contributed by atoms with Crippen molar-refractivity contribution in [1.82, 2.24) is 0 Å². The normalized spacial score (nSPS) is 10.2. The van der Waals surface area contributed by atoms with E-state index in [1.807, 2.05) is 0 Å². The molecule has 98 valence electrons. The molecule has 2 rings (SSSR count). The highest BCUT2D eigenvalue weighted by Crippen LogP contribution is 2.18. The first kappa shape index (κ1) is 13.0. The van der Waals surface area contributed by atoms with Crippen LogP contribution in [-0.2, 0) is 6.61 Å². The second-order valence-corrected chi connectivity index (χ2v) is 4.01. The van der Waals surface area contributed by atoms with E-state index in [1.54, 1.807) is 24.3 Å². The highest BCUT2D eigenvalue weighted by atomic mass is 19.1. The lowest BCUT2D eigenvalue weighted by Gasteiger charge is -2.08. The van der Waals surface area contributed by atoms with Gasteiger partial charge in [-0.15, -0.1) is 0 Å². The van der Waals surface area contributed by atoms with E-state index in [1.165, 1.54) is 18.2 Å². The summed E-state index contributed by atoms with van der Waals surface area (Å²) in [7, 11) is 0. The minimum absolute atomic E-state index is 0.0781. The third kappa shape index (κ3) is 2.89. The van der Waals surface area contributed by atoms with Crippen molar-refractivity contribution in [2.75, 3.05) is 11.1 Å². The molecule has 0 aliphatic heterocycles. The Kier molecular flexibility index (Phi) is 3.77. The molecule has 2 aromatic rings. The molecule has 0 saturated carbocycles. The lowest BCUT2D eigenvalue weighted by Crippen LogP contribution is -2.14. The number of hydrogen-bond donors (Lipinski definition) is 3. The van der Waals surface area contributed by atoms with Gasteiger partial charge in [0.25, 0.3) is 5.91 Å². The summed E-state index contributed by atoms with van der Waals surface area (Å²) in [6.07, 6.45) is 0. The molecule has 4 N–H and O–H groups in total. The number of benzene rings is 2. The van der Waals surface area contributed by atoms with Crippen LogP contribution in [0.1, 0.15) is 15.9 Å². The lowest BCUT2D eigenvalue weighted by molar-refractivity contribution is 0.102. The molecule has 0 spiro atoms. The average Bonchev–Trinajstić information content (AvgIpc) is 2.42. The minimum atomic E-state index is -0.628. The molecule has 0 aromatic heterocycles. The van der Waals surface area contributed by atoms with Gasteiger partial charge in [-0.1, -0.05) is 18.2 Å². The van der Waals surface area contributed by atoms with Gasteiger partial charge in [-0.05, 0) is 29.8 Å². The maximum atomic E-state index is 13.3. The van der Waals surface area contributed by atoms with Crippen molar-refractivity contribution >= 4 is 17.3 Å². The first-order chi connectivity index (χ1) is 9.11. The van der Waals surface area contributed by atoms with E-state index in [0.717, 1.165) is 0 Å². The van der Waals surface area contributed by atoms with E-state index in [-0.39, 0.29) is 17.9 Å². The maximum Gasteiger partial charge on any atom is 0.257 e. The van der Waals surface area contributed by atoms with Crippen LogP contribution in [0.15, 0.2) is 42.5 Å². The predicted octanol–water partition coefficient (Wildman–Crippen LogP) is 2.15. The fraction of sp³-hybridized carbons (Fsp3) is 0.0714. The molecule has 5 heteroatoms. The SMILES string of the molecule is Nc1c(F)cccc1C(=O)Nc1cccc(CO)c1. The number of anilines is 2. The van der Waals surface area contributed by atoms with Gasteiger partial charge in [0.1, 0.15) is 5.82 Å². The zero-order valence-corrected chi connectivity index (χ0v) is 10.1. The molecule has 0 unspecified atom stereocenters. The smallest absolute Gasteiger partial charge is 0.257 e. The second-order valence-electron chi connectivity index (χ2n) is 4.01. The average molecular weight is 260 g/mol. The number of para-hydroxylation sites is 1. The fourth-order valence-electron chi connectivity index (χ4n) is 1.68. The number of nitrogen functional groups attached to an aromatic ring is 1. The Morgan fingerprint density at radius 2 is 2.00 bits per heavy atom. The van der Waals surface area contributed by atoms with Crippen LogP contribution in [0.25, 0.3) is 0 Å². The van der Waals surface area contributed by atoms with Crippen LogP contribution in [0.5, 0.6) is 0 Å². The van der Waals surface area contributed by atoms with Crippen LogP contribution in [0.4, 0.5) is 15.8 Å². The van der Waals surface area contributed by atoms with Crippen molar-refractivity contribution < 1.29 is 14.3 Å². The number of nitrogens with one attached hydrogen (secondary N) is 1. The Labute approximate surface area is 109 Å². The highest BCUT2D eigenvalue weighted by molar-refractivity contribution is 6.07. The van der Waals surface area contributed by atoms with Crippen LogP contribution in [-0.4, -0.2) is 11.0 Å². The number of carbonyl (C=O) groups excluding carboxylic acids is 1. The molecule has 0 radical (unpaired) electrons. The molecule has 0 heterocycles. The molecular weight excluding hydrogens is 247 g/mol. The van der Waals surface area contributed by atoms with Crippen LogP contribution in [0, 0.1) is 5.82 Å². The first-order valence-electron chi connectivity index (χ1n) is 5.67. The third-order valence-corrected chi connectivity index (χ3v) is 2.66. The van der Waals surface area contributed by atoms with Gasteiger partial charge in [0.05, 0.1) is 17.9 Å². The van der Waals surface area contributed by atoms with E-state index in [0.29, 0.717) is 11.3 Å². The van der Waals surface area contributed by atoms with Crippen LogP contribution in [0.2, 0.25) is 0 Å². The van der Waals surface area contributed by atoms with Gasteiger partial charge in [0.15, 0.2) is 0 Å². The molecule has 4 nitrogen and oxygen atoms in total. The van der Waals surface area contributed by atoms with E-state index in [9.17, 15) is 9.18 Å².